The van der Waals surface area contributed by atoms with E-state index in [0.717, 1.165) is 33.8 Å². The first-order valence-corrected chi connectivity index (χ1v) is 9.64. The van der Waals surface area contributed by atoms with E-state index in [-0.39, 0.29) is 5.91 Å². The van der Waals surface area contributed by atoms with E-state index >= 15 is 0 Å². The number of hydrogen-bond acceptors (Lipinski definition) is 4. The quantitative estimate of drug-likeness (QED) is 0.483. The monoisotopic (exact) mass is 398 g/mol. The van der Waals surface area contributed by atoms with Crippen LogP contribution in [0.25, 0.3) is 11.3 Å². The maximum absolute atomic E-state index is 12.8. The van der Waals surface area contributed by atoms with E-state index in [4.69, 9.17) is 4.74 Å². The first kappa shape index (κ1) is 19.4. The van der Waals surface area contributed by atoms with Gasteiger partial charge in [0.2, 0.25) is 0 Å². The van der Waals surface area contributed by atoms with Crippen molar-refractivity contribution in [3.05, 3.63) is 95.7 Å². The molecule has 0 radical (unpaired) electrons. The molecule has 0 saturated heterocycles. The van der Waals surface area contributed by atoms with Crippen LogP contribution in [0.3, 0.4) is 0 Å². The van der Waals surface area contributed by atoms with Gasteiger partial charge in [0.15, 0.2) is 0 Å². The molecule has 4 aromatic rings. The lowest BCUT2D eigenvalue weighted by Gasteiger charge is -2.13. The van der Waals surface area contributed by atoms with Crippen LogP contribution in [-0.2, 0) is 6.61 Å². The van der Waals surface area contributed by atoms with Gasteiger partial charge in [-0.2, -0.15) is 0 Å². The zero-order chi connectivity index (χ0) is 20.9. The summed E-state index contributed by atoms with van der Waals surface area (Å²) in [4.78, 5) is 24.2. The minimum atomic E-state index is -0.172. The maximum Gasteiger partial charge on any atom is 0.255 e. The SMILES string of the molecule is Cc1cc(C)c(-c2cnc[nH]2)cc1NC(=O)c1ccc(OCc2ccccn2)cc1. The van der Waals surface area contributed by atoms with Gasteiger partial charge in [0.25, 0.3) is 5.91 Å². The zero-order valence-corrected chi connectivity index (χ0v) is 16.8. The predicted molar refractivity (Wildman–Crippen MR) is 116 cm³/mol. The lowest BCUT2D eigenvalue weighted by atomic mass is 10.0. The Labute approximate surface area is 175 Å². The number of carbonyl (C=O) groups excluding carboxylic acids is 1. The van der Waals surface area contributed by atoms with Gasteiger partial charge < -0.3 is 15.0 Å². The minimum Gasteiger partial charge on any atom is -0.487 e. The van der Waals surface area contributed by atoms with E-state index < -0.39 is 0 Å². The molecular weight excluding hydrogens is 376 g/mol. The number of aromatic nitrogens is 3. The molecule has 2 aromatic heterocycles. The number of amides is 1. The molecule has 0 aliphatic carbocycles. The number of aromatic amines is 1. The topological polar surface area (TPSA) is 79.9 Å². The first-order valence-electron chi connectivity index (χ1n) is 9.64. The average molecular weight is 398 g/mol. The highest BCUT2D eigenvalue weighted by molar-refractivity contribution is 6.05. The Hall–Kier alpha value is -3.93. The summed E-state index contributed by atoms with van der Waals surface area (Å²) in [7, 11) is 0. The van der Waals surface area contributed by atoms with Crippen molar-refractivity contribution in [2.24, 2.45) is 0 Å². The van der Waals surface area contributed by atoms with Gasteiger partial charge in [0.05, 0.1) is 23.9 Å². The Morgan fingerprint density at radius 3 is 2.60 bits per heavy atom. The van der Waals surface area contributed by atoms with Gasteiger partial charge in [-0.25, -0.2) is 4.98 Å². The smallest absolute Gasteiger partial charge is 0.255 e. The number of pyridine rings is 1. The molecule has 4 rings (SSSR count). The maximum atomic E-state index is 12.8. The van der Waals surface area contributed by atoms with Crippen molar-refractivity contribution in [1.29, 1.82) is 0 Å². The lowest BCUT2D eigenvalue weighted by molar-refractivity contribution is 0.102. The van der Waals surface area contributed by atoms with Crippen LogP contribution >= 0.6 is 0 Å². The second kappa shape index (κ2) is 8.61. The van der Waals surface area contributed by atoms with Crippen molar-refractivity contribution in [2.75, 3.05) is 5.32 Å². The van der Waals surface area contributed by atoms with Crippen molar-refractivity contribution in [3.8, 4) is 17.0 Å². The van der Waals surface area contributed by atoms with Crippen LogP contribution in [0, 0.1) is 13.8 Å². The van der Waals surface area contributed by atoms with Crippen LogP contribution in [0.1, 0.15) is 27.2 Å². The Morgan fingerprint density at radius 1 is 1.07 bits per heavy atom. The van der Waals surface area contributed by atoms with E-state index in [2.05, 4.69) is 26.3 Å². The van der Waals surface area contributed by atoms with Gasteiger partial charge in [0.1, 0.15) is 12.4 Å². The fourth-order valence-corrected chi connectivity index (χ4v) is 3.22. The lowest BCUT2D eigenvalue weighted by Crippen LogP contribution is -2.13. The van der Waals surface area contributed by atoms with Gasteiger partial charge in [-0.05, 0) is 67.4 Å². The second-order valence-corrected chi connectivity index (χ2v) is 7.04. The number of nitrogens with one attached hydrogen (secondary N) is 2. The van der Waals surface area contributed by atoms with Gasteiger partial charge in [-0.3, -0.25) is 9.78 Å². The largest absolute Gasteiger partial charge is 0.487 e. The molecule has 0 atom stereocenters. The highest BCUT2D eigenvalue weighted by atomic mass is 16.5. The molecule has 0 saturated carbocycles. The number of imidazole rings is 1. The zero-order valence-electron chi connectivity index (χ0n) is 16.8. The van der Waals surface area contributed by atoms with Crippen LogP contribution in [0.5, 0.6) is 5.75 Å². The molecule has 6 heteroatoms. The summed E-state index contributed by atoms with van der Waals surface area (Å²) in [5.41, 5.74) is 6.21. The van der Waals surface area contributed by atoms with Crippen LogP contribution in [0.2, 0.25) is 0 Å². The van der Waals surface area contributed by atoms with Crippen LogP contribution < -0.4 is 10.1 Å². The highest BCUT2D eigenvalue weighted by Crippen LogP contribution is 2.28. The number of carbonyl (C=O) groups is 1. The molecule has 0 bridgehead atoms. The third-order valence-electron chi connectivity index (χ3n) is 4.84. The molecular formula is C24H22N4O2. The molecule has 1 amide bonds. The number of aryl methyl sites for hydroxylation is 2. The molecule has 0 aliphatic heterocycles. The molecule has 0 spiro atoms. The van der Waals surface area contributed by atoms with Crippen molar-refractivity contribution in [1.82, 2.24) is 15.0 Å². The first-order chi connectivity index (χ1) is 14.6. The minimum absolute atomic E-state index is 0.172. The number of ether oxygens (including phenoxy) is 1. The average Bonchev–Trinajstić information content (AvgIpc) is 3.30. The van der Waals surface area contributed by atoms with Crippen LogP contribution in [-0.4, -0.2) is 20.9 Å². The predicted octanol–water partition coefficient (Wildman–Crippen LogP) is 4.92. The highest BCUT2D eigenvalue weighted by Gasteiger charge is 2.12. The van der Waals surface area contributed by atoms with Crippen molar-refractivity contribution >= 4 is 11.6 Å². The molecule has 0 fully saturated rings. The number of benzene rings is 2. The number of H-pyrrole nitrogens is 1. The van der Waals surface area contributed by atoms with Crippen LogP contribution in [0.15, 0.2) is 73.3 Å². The van der Waals surface area contributed by atoms with E-state index in [0.29, 0.717) is 17.9 Å². The Bertz CT molecular complexity index is 1140. The summed E-state index contributed by atoms with van der Waals surface area (Å²) in [6.07, 6.45) is 5.15. The van der Waals surface area contributed by atoms with Gasteiger partial charge in [-0.1, -0.05) is 12.1 Å². The second-order valence-electron chi connectivity index (χ2n) is 7.04. The van der Waals surface area contributed by atoms with E-state index in [1.165, 1.54) is 0 Å². The molecule has 0 aliphatic rings. The van der Waals surface area contributed by atoms with Crippen LogP contribution in [0.4, 0.5) is 5.69 Å². The number of nitrogens with zero attached hydrogens (tertiary/aromatic N) is 2. The number of hydrogen-bond donors (Lipinski definition) is 2. The summed E-state index contributed by atoms with van der Waals surface area (Å²) in [5, 5.41) is 3.01. The van der Waals surface area contributed by atoms with Crippen molar-refractivity contribution in [2.45, 2.75) is 20.5 Å². The summed E-state index contributed by atoms with van der Waals surface area (Å²) < 4.78 is 5.73. The van der Waals surface area contributed by atoms with Gasteiger partial charge in [0, 0.05) is 23.0 Å². The van der Waals surface area contributed by atoms with E-state index in [1.807, 2.05) is 38.1 Å². The number of anilines is 1. The molecule has 0 unspecified atom stereocenters. The van der Waals surface area contributed by atoms with Gasteiger partial charge >= 0.3 is 0 Å². The molecule has 2 N–H and O–H groups in total. The van der Waals surface area contributed by atoms with Crippen molar-refractivity contribution in [3.63, 3.8) is 0 Å². The third-order valence-corrected chi connectivity index (χ3v) is 4.84. The summed E-state index contributed by atoms with van der Waals surface area (Å²) in [6.45, 7) is 4.40. The van der Waals surface area contributed by atoms with E-state index in [1.54, 1.807) is 43.0 Å². The third kappa shape index (κ3) is 4.38. The molecule has 30 heavy (non-hydrogen) atoms. The summed E-state index contributed by atoms with van der Waals surface area (Å²) >= 11 is 0. The van der Waals surface area contributed by atoms with Gasteiger partial charge in [-0.15, -0.1) is 0 Å². The standard InChI is InChI=1S/C24H22N4O2/c1-16-11-17(2)22(12-21(16)23-13-25-15-27-23)28-24(29)18-6-8-20(9-7-18)30-14-19-5-3-4-10-26-19/h3-13,15H,14H2,1-2H3,(H,25,27)(H,28,29). The Balaban J connectivity index is 1.45. The molecule has 6 nitrogen and oxygen atoms in total. The number of rotatable bonds is 6. The Kier molecular flexibility index (Phi) is 5.57. The fraction of sp³-hybridized carbons (Fsp3) is 0.125. The normalized spacial score (nSPS) is 10.6. The Morgan fingerprint density at radius 2 is 1.90 bits per heavy atom. The fourth-order valence-electron chi connectivity index (χ4n) is 3.22. The molecule has 2 heterocycles. The summed E-state index contributed by atoms with van der Waals surface area (Å²) in [5.74, 6) is 0.513. The van der Waals surface area contributed by atoms with Crippen molar-refractivity contribution < 1.29 is 9.53 Å². The molecule has 2 aromatic carbocycles. The van der Waals surface area contributed by atoms with E-state index in [9.17, 15) is 4.79 Å². The molecule has 150 valence electrons. The summed E-state index contributed by atoms with van der Waals surface area (Å²) in [6, 6.07) is 16.8.